The number of nitrogens with zero attached hydrogens (tertiary/aromatic N) is 2. The Morgan fingerprint density at radius 1 is 1.58 bits per heavy atom. The Morgan fingerprint density at radius 2 is 2.37 bits per heavy atom. The maximum absolute atomic E-state index is 12.3. The van der Waals surface area contributed by atoms with E-state index in [1.54, 1.807) is 17.2 Å². The van der Waals surface area contributed by atoms with Crippen LogP contribution < -0.4 is 5.73 Å². The average Bonchev–Trinajstić information content (AvgIpc) is 2.85. The molecule has 0 atom stereocenters. The van der Waals surface area contributed by atoms with Gasteiger partial charge in [-0.1, -0.05) is 0 Å². The zero-order chi connectivity index (χ0) is 13.7. The summed E-state index contributed by atoms with van der Waals surface area (Å²) in [6, 6.07) is 5.69. The fourth-order valence-corrected chi connectivity index (χ4v) is 2.29. The number of amides is 1. The van der Waals surface area contributed by atoms with Crippen molar-refractivity contribution in [1.82, 2.24) is 4.90 Å². The van der Waals surface area contributed by atoms with Gasteiger partial charge in [0, 0.05) is 18.5 Å². The number of furan rings is 1. The molecule has 0 aromatic carbocycles. The van der Waals surface area contributed by atoms with Gasteiger partial charge in [-0.05, 0) is 31.4 Å². The average molecular weight is 261 g/mol. The van der Waals surface area contributed by atoms with E-state index in [1.165, 1.54) is 0 Å². The fourth-order valence-electron chi connectivity index (χ4n) is 2.29. The second-order valence-electron chi connectivity index (χ2n) is 5.20. The van der Waals surface area contributed by atoms with Gasteiger partial charge >= 0.3 is 0 Å². The number of rotatable bonds is 6. The van der Waals surface area contributed by atoms with Crippen molar-refractivity contribution in [3.8, 4) is 6.07 Å². The van der Waals surface area contributed by atoms with Crippen molar-refractivity contribution in [2.45, 2.75) is 44.2 Å². The summed E-state index contributed by atoms with van der Waals surface area (Å²) >= 11 is 0. The van der Waals surface area contributed by atoms with Crippen LogP contribution in [0.5, 0.6) is 0 Å². The largest absolute Gasteiger partial charge is 0.467 e. The van der Waals surface area contributed by atoms with Crippen molar-refractivity contribution in [3.05, 3.63) is 24.2 Å². The van der Waals surface area contributed by atoms with Crippen molar-refractivity contribution in [3.63, 3.8) is 0 Å². The lowest BCUT2D eigenvalue weighted by molar-refractivity contribution is -0.134. The zero-order valence-corrected chi connectivity index (χ0v) is 11.0. The highest BCUT2D eigenvalue weighted by Crippen LogP contribution is 2.32. The monoisotopic (exact) mass is 261 g/mol. The van der Waals surface area contributed by atoms with E-state index in [4.69, 9.17) is 15.4 Å². The fraction of sp³-hybridized carbons (Fsp3) is 0.571. The molecule has 0 aliphatic heterocycles. The van der Waals surface area contributed by atoms with Crippen LogP contribution in [0.15, 0.2) is 22.8 Å². The molecule has 1 heterocycles. The molecule has 1 amide bonds. The molecule has 102 valence electrons. The Labute approximate surface area is 113 Å². The van der Waals surface area contributed by atoms with Gasteiger partial charge in [-0.2, -0.15) is 5.26 Å². The third-order valence-electron chi connectivity index (χ3n) is 3.63. The van der Waals surface area contributed by atoms with Crippen molar-refractivity contribution in [2.24, 2.45) is 5.73 Å². The van der Waals surface area contributed by atoms with E-state index < -0.39 is 0 Å². The molecule has 0 bridgehead atoms. The van der Waals surface area contributed by atoms with Gasteiger partial charge in [-0.25, -0.2) is 0 Å². The zero-order valence-electron chi connectivity index (χ0n) is 11.0. The quantitative estimate of drug-likeness (QED) is 0.846. The van der Waals surface area contributed by atoms with E-state index in [0.29, 0.717) is 25.9 Å². The topological polar surface area (TPSA) is 83.3 Å². The summed E-state index contributed by atoms with van der Waals surface area (Å²) in [6.45, 7) is 0.829. The first-order valence-electron chi connectivity index (χ1n) is 6.59. The van der Waals surface area contributed by atoms with Crippen LogP contribution in [0.1, 0.15) is 37.9 Å². The molecular formula is C14H19N3O2. The maximum atomic E-state index is 12.3. The molecule has 0 unspecified atom stereocenters. The summed E-state index contributed by atoms with van der Waals surface area (Å²) in [7, 11) is 0. The number of nitriles is 1. The van der Waals surface area contributed by atoms with Crippen molar-refractivity contribution in [2.75, 3.05) is 6.54 Å². The van der Waals surface area contributed by atoms with Crippen LogP contribution in [0.2, 0.25) is 0 Å². The normalized spacial score (nSPS) is 16.4. The lowest BCUT2D eigenvalue weighted by Crippen LogP contribution is -2.50. The molecule has 2 rings (SSSR count). The minimum Gasteiger partial charge on any atom is -0.467 e. The van der Waals surface area contributed by atoms with Gasteiger partial charge in [-0.15, -0.1) is 0 Å². The van der Waals surface area contributed by atoms with Crippen LogP contribution in [-0.4, -0.2) is 22.9 Å². The first kappa shape index (κ1) is 13.6. The number of hydrogen-bond acceptors (Lipinski definition) is 4. The first-order valence-corrected chi connectivity index (χ1v) is 6.59. The highest BCUT2D eigenvalue weighted by Gasteiger charge is 2.36. The molecule has 2 N–H and O–H groups in total. The summed E-state index contributed by atoms with van der Waals surface area (Å²) in [5, 5.41) is 8.68. The summed E-state index contributed by atoms with van der Waals surface area (Å²) in [5.74, 6) is 0.736. The van der Waals surface area contributed by atoms with Crippen molar-refractivity contribution in [1.29, 1.82) is 5.26 Å². The van der Waals surface area contributed by atoms with E-state index >= 15 is 0 Å². The van der Waals surface area contributed by atoms with Crippen LogP contribution in [0.25, 0.3) is 0 Å². The number of carbonyl (C=O) groups is 1. The summed E-state index contributed by atoms with van der Waals surface area (Å²) in [4.78, 5) is 13.9. The van der Waals surface area contributed by atoms with Gasteiger partial charge in [0.1, 0.15) is 5.76 Å². The second-order valence-corrected chi connectivity index (χ2v) is 5.20. The molecule has 0 radical (unpaired) electrons. The standard InChI is InChI=1S/C14H19N3O2/c15-7-3-8-17(11-12-4-1-9-19-12)13(18)10-14(16)5-2-6-14/h1,4,9H,2-3,5-6,8,10-11,16H2. The Hall–Kier alpha value is -1.80. The molecule has 5 heteroatoms. The van der Waals surface area contributed by atoms with E-state index in [9.17, 15) is 4.79 Å². The van der Waals surface area contributed by atoms with Gasteiger partial charge in [0.15, 0.2) is 0 Å². The van der Waals surface area contributed by atoms with E-state index in [1.807, 2.05) is 6.07 Å². The first-order chi connectivity index (χ1) is 9.13. The van der Waals surface area contributed by atoms with Crippen LogP contribution in [0, 0.1) is 11.3 Å². The minimum atomic E-state index is -0.328. The Balaban J connectivity index is 1.95. The molecule has 1 saturated carbocycles. The van der Waals surface area contributed by atoms with Crippen LogP contribution >= 0.6 is 0 Å². The second kappa shape index (κ2) is 5.89. The van der Waals surface area contributed by atoms with Crippen molar-refractivity contribution < 1.29 is 9.21 Å². The highest BCUT2D eigenvalue weighted by atomic mass is 16.3. The maximum Gasteiger partial charge on any atom is 0.224 e. The molecule has 1 aliphatic rings. The van der Waals surface area contributed by atoms with Gasteiger partial charge in [0.2, 0.25) is 5.91 Å². The van der Waals surface area contributed by atoms with E-state index in [2.05, 4.69) is 6.07 Å². The molecule has 1 aliphatic carbocycles. The van der Waals surface area contributed by atoms with Crippen molar-refractivity contribution >= 4 is 5.91 Å². The predicted octanol–water partition coefficient (Wildman–Crippen LogP) is 1.79. The van der Waals surface area contributed by atoms with Gasteiger partial charge in [0.05, 0.1) is 25.3 Å². The molecule has 1 aromatic rings. The SMILES string of the molecule is N#CCCN(Cc1ccco1)C(=O)CC1(N)CCC1. The highest BCUT2D eigenvalue weighted by molar-refractivity contribution is 5.77. The summed E-state index contributed by atoms with van der Waals surface area (Å²) in [6.07, 6.45) is 5.18. The predicted molar refractivity (Wildman–Crippen MR) is 69.7 cm³/mol. The molecule has 1 fully saturated rings. The van der Waals surface area contributed by atoms with E-state index in [-0.39, 0.29) is 11.4 Å². The van der Waals surface area contributed by atoms with Crippen LogP contribution in [-0.2, 0) is 11.3 Å². The number of hydrogen-bond donors (Lipinski definition) is 1. The number of carbonyl (C=O) groups excluding carboxylic acids is 1. The smallest absolute Gasteiger partial charge is 0.224 e. The Kier molecular flexibility index (Phi) is 4.23. The Morgan fingerprint density at radius 3 is 2.89 bits per heavy atom. The van der Waals surface area contributed by atoms with E-state index in [0.717, 1.165) is 25.0 Å². The molecule has 0 saturated heterocycles. The molecule has 19 heavy (non-hydrogen) atoms. The Bertz CT molecular complexity index is 458. The number of nitrogens with two attached hydrogens (primary N) is 1. The minimum absolute atomic E-state index is 0.00819. The summed E-state index contributed by atoms with van der Waals surface area (Å²) in [5.41, 5.74) is 5.78. The molecule has 1 aromatic heterocycles. The van der Waals surface area contributed by atoms with Crippen LogP contribution in [0.4, 0.5) is 0 Å². The molecular weight excluding hydrogens is 242 g/mol. The summed E-state index contributed by atoms with van der Waals surface area (Å²) < 4.78 is 5.26. The van der Waals surface area contributed by atoms with Crippen LogP contribution in [0.3, 0.4) is 0 Å². The van der Waals surface area contributed by atoms with Gasteiger partial charge in [0.25, 0.3) is 0 Å². The molecule has 5 nitrogen and oxygen atoms in total. The lowest BCUT2D eigenvalue weighted by atomic mass is 9.75. The lowest BCUT2D eigenvalue weighted by Gasteiger charge is -2.38. The van der Waals surface area contributed by atoms with Gasteiger partial charge < -0.3 is 15.1 Å². The van der Waals surface area contributed by atoms with Gasteiger partial charge in [-0.3, -0.25) is 4.79 Å². The third-order valence-corrected chi connectivity index (χ3v) is 3.63. The molecule has 0 spiro atoms. The third kappa shape index (κ3) is 3.58.